The van der Waals surface area contributed by atoms with Crippen LogP contribution in [0.25, 0.3) is 11.2 Å². The van der Waals surface area contributed by atoms with Crippen molar-refractivity contribution in [2.45, 2.75) is 49.0 Å². The smallest absolute Gasteiger partial charge is 0.790 e. The van der Waals surface area contributed by atoms with Gasteiger partial charge < -0.3 is 94.8 Å². The molecule has 1 fully saturated rings. The van der Waals surface area contributed by atoms with E-state index in [4.69, 9.17) is 41.1 Å². The van der Waals surface area contributed by atoms with E-state index in [0.717, 1.165) is 0 Å². The van der Waals surface area contributed by atoms with E-state index in [0.29, 0.717) is 11.2 Å². The normalized spacial score (nSPS) is 21.8. The van der Waals surface area contributed by atoms with E-state index in [1.165, 1.54) is 17.2 Å². The third kappa shape index (κ3) is 16.2. The van der Waals surface area contributed by atoms with Crippen LogP contribution in [0.1, 0.15) is 6.23 Å². The van der Waals surface area contributed by atoms with Crippen molar-refractivity contribution in [2.75, 3.05) is 18.9 Å². The average Bonchev–Trinajstić information content (AvgIpc) is 3.46. The zero-order valence-electron chi connectivity index (χ0n) is 22.7. The van der Waals surface area contributed by atoms with Crippen LogP contribution in [-0.2, 0) is 83.1 Å². The molecule has 2 aromatic heterocycles. The maximum atomic E-state index is 10.1. The monoisotopic (exact) mass is 904 g/mol. The number of nitrogens with zero attached hydrogens (tertiary/aromatic N) is 4. The summed E-state index contributed by atoms with van der Waals surface area (Å²) < 4.78 is 41.5. The van der Waals surface area contributed by atoms with Crippen molar-refractivity contribution in [3.8, 4) is 0 Å². The molecule has 0 unspecified atom stereocenters. The van der Waals surface area contributed by atoms with Crippen LogP contribution < -0.4 is 35.3 Å². The van der Waals surface area contributed by atoms with Gasteiger partial charge in [-0.3, -0.25) is 17.8 Å². The van der Waals surface area contributed by atoms with E-state index < -0.39 is 91.6 Å². The van der Waals surface area contributed by atoms with Crippen molar-refractivity contribution >= 4 is 46.4 Å². The minimum absolute atomic E-state index is 0. The number of nitrogen functional groups attached to an aromatic ring is 1. The number of ether oxygens (including phenoxy) is 1. The fraction of sp³-hybridized carbons (Fsp3) is 0.625. The van der Waals surface area contributed by atoms with Gasteiger partial charge in [0.15, 0.2) is 17.7 Å². The molecule has 3 radical (unpaired) electrons. The summed E-state index contributed by atoms with van der Waals surface area (Å²) in [5.74, 6) is -1.76. The number of aliphatic hydroxyl groups excluding tert-OH is 8. The Morgan fingerprint density at radius 3 is 1.81 bits per heavy atom. The van der Waals surface area contributed by atoms with Gasteiger partial charge in [-0.2, -0.15) is 0 Å². The van der Waals surface area contributed by atoms with Crippen LogP contribution in [0.15, 0.2) is 12.7 Å². The minimum atomic E-state index is -5.97. The van der Waals surface area contributed by atoms with Gasteiger partial charge in [-0.25, -0.2) is 15.0 Å². The number of rotatable bonds is 11. The molecule has 1 aliphatic heterocycles. The molecule has 1 aliphatic rings. The molecule has 8 atom stereocenters. The van der Waals surface area contributed by atoms with Gasteiger partial charge in [0.05, 0.1) is 41.2 Å². The number of aliphatic hydroxyl groups is 8. The predicted molar refractivity (Wildman–Crippen MR) is 124 cm³/mol. The van der Waals surface area contributed by atoms with Crippen LogP contribution in [0.3, 0.4) is 0 Å². The van der Waals surface area contributed by atoms with Crippen LogP contribution in [0.4, 0.5) is 5.82 Å². The molecule has 1 saturated heterocycles. The van der Waals surface area contributed by atoms with Crippen molar-refractivity contribution in [3.63, 3.8) is 0 Å². The van der Waals surface area contributed by atoms with Crippen molar-refractivity contribution in [1.29, 1.82) is 0 Å². The average molecular weight is 906 g/mol. The molecule has 32 heteroatoms. The van der Waals surface area contributed by atoms with Crippen molar-refractivity contribution in [1.82, 2.24) is 19.5 Å². The first kappa shape index (κ1) is 51.8. The second-order valence-corrected chi connectivity index (χ2v) is 12.3. The number of aliphatic carboxylic acids is 1. The van der Waals surface area contributed by atoms with Gasteiger partial charge in [-0.05, 0) is 0 Å². The summed E-state index contributed by atoms with van der Waals surface area (Å²) in [7, 11) is -17.9. The number of hydrogen-bond acceptors (Lipinski definition) is 25. The summed E-state index contributed by atoms with van der Waals surface area (Å²) in [5.41, 5.74) is 6.44. The van der Waals surface area contributed by atoms with Gasteiger partial charge in [0.2, 0.25) is 0 Å². The van der Waals surface area contributed by atoms with Gasteiger partial charge in [0.25, 0.3) is 7.82 Å². The standard InChI is InChI=1S/C10H13N5O4.C6H12O7.3Cu.H5O10P3/c11-8-5-9(13-2-12-8)15(3-14-5)10-7(18)6(17)4(1-16)19-10;7-1-2(8)3(9)4(10)5(11)6(12)13;;;;1-11(2,3)9-13(7,8)10-12(4,5)6/h2-4,6-7,10,16-18H,1H2,(H2,11,12,13);2-5,7-11H,1H2,(H,12,13);;;;(H,7,8)(H2,1,2,3)(H2,4,5,6)/q;;3*+2;/p-6/t4-,6-,7-,10-;2-,3-,4+,5-;;;;/m11..../s1. The number of phosphoric acid groups is 3. The predicted octanol–water partition coefficient (Wildman–Crippen LogP) is -10.7. The second-order valence-electron chi connectivity index (χ2n) is 8.31. The second kappa shape index (κ2) is 21.7. The van der Waals surface area contributed by atoms with Crippen LogP contribution in [0.5, 0.6) is 0 Å². The number of carboxylic acids is 1. The van der Waals surface area contributed by atoms with Crippen LogP contribution in [0.2, 0.25) is 0 Å². The summed E-state index contributed by atoms with van der Waals surface area (Å²) in [5, 5.41) is 82.2. The van der Waals surface area contributed by atoms with Gasteiger partial charge >= 0.3 is 51.2 Å². The summed E-state index contributed by atoms with van der Waals surface area (Å²) in [6, 6.07) is 0. The summed E-state index contributed by atoms with van der Waals surface area (Å²) in [4.78, 5) is 70.5. The topological polar surface area (TPSA) is 466 Å². The number of carbonyl (C=O) groups is 1. The fourth-order valence-corrected chi connectivity index (χ4v) is 5.43. The Morgan fingerprint density at radius 2 is 1.42 bits per heavy atom. The van der Waals surface area contributed by atoms with E-state index >= 15 is 0 Å². The van der Waals surface area contributed by atoms with E-state index in [1.54, 1.807) is 0 Å². The Labute approximate surface area is 299 Å². The number of aromatic nitrogens is 4. The largest absolute Gasteiger partial charge is 2.00 e. The molecule has 287 valence electrons. The third-order valence-corrected chi connectivity index (χ3v) is 8.27. The van der Waals surface area contributed by atoms with Crippen molar-refractivity contribution in [2.24, 2.45) is 0 Å². The Morgan fingerprint density at radius 1 is 0.917 bits per heavy atom. The Kier molecular flexibility index (Phi) is 23.4. The van der Waals surface area contributed by atoms with E-state index in [2.05, 4.69) is 23.6 Å². The molecule has 3 rings (SSSR count). The van der Waals surface area contributed by atoms with E-state index in [9.17, 15) is 58.3 Å². The molecule has 26 nitrogen and oxygen atoms in total. The molecule has 0 amide bonds. The quantitative estimate of drug-likeness (QED) is 0.0746. The maximum Gasteiger partial charge on any atom is 2.00 e. The molecular formula is C16H24Cu3N5O21P3. The van der Waals surface area contributed by atoms with Crippen LogP contribution in [0, 0.1) is 0 Å². The van der Waals surface area contributed by atoms with Gasteiger partial charge in [-0.15, -0.1) is 0 Å². The first-order valence-corrected chi connectivity index (χ1v) is 15.7. The molecule has 10 N–H and O–H groups in total. The Balaban J connectivity index is -0.000000634. The maximum absolute atomic E-state index is 10.1. The number of hydrogen-bond donors (Lipinski definition) is 9. The first-order valence-electron chi connectivity index (χ1n) is 11.3. The first-order chi connectivity index (χ1) is 20.5. The number of carboxylic acid groups (broad SMARTS) is 1. The fourth-order valence-electron chi connectivity index (χ4n) is 3.09. The molecular weight excluding hydrogens is 882 g/mol. The van der Waals surface area contributed by atoms with E-state index in [-0.39, 0.29) is 57.0 Å². The summed E-state index contributed by atoms with van der Waals surface area (Å²) >= 11 is 0. The zero-order valence-corrected chi connectivity index (χ0v) is 28.2. The molecule has 0 saturated carbocycles. The van der Waals surface area contributed by atoms with Gasteiger partial charge in [0.1, 0.15) is 54.6 Å². The molecule has 0 bridgehead atoms. The van der Waals surface area contributed by atoms with Gasteiger partial charge in [0, 0.05) is 0 Å². The third-order valence-electron chi connectivity index (χ3n) is 5.07. The molecule has 0 aliphatic carbocycles. The number of imidazole rings is 1. The van der Waals surface area contributed by atoms with Gasteiger partial charge in [-0.1, -0.05) is 0 Å². The molecule has 0 spiro atoms. The zero-order chi connectivity index (χ0) is 35.1. The minimum Gasteiger partial charge on any atom is -0.790 e. The molecule has 48 heavy (non-hydrogen) atoms. The van der Waals surface area contributed by atoms with Crippen LogP contribution in [-0.4, -0.2) is 122 Å². The van der Waals surface area contributed by atoms with Crippen LogP contribution >= 0.6 is 23.5 Å². The summed E-state index contributed by atoms with van der Waals surface area (Å²) in [6.07, 6.45) is -9.50. The Bertz CT molecular complexity index is 1390. The molecule has 3 heterocycles. The number of nitrogens with two attached hydrogens (primary N) is 1. The molecule has 0 aromatic carbocycles. The SMILES string of the molecule is Nc1ncnc2c1ncn2[C@@H]1O[C@H](CO)[C@@H](O)[C@H]1O.O=C([O-])[C@H](O)[C@@H](O)[C@H](O)[C@H](O)CO.O=P([O-])([O-])OP(=O)([O-])OP(=O)([O-])[O-].[Cu+2].[Cu+2].[Cu+2]. The summed E-state index contributed by atoms with van der Waals surface area (Å²) in [6.45, 7) is -1.25. The number of fused-ring (bicyclic) bond motifs is 1. The Hall–Kier alpha value is -0.572. The van der Waals surface area contributed by atoms with Crippen molar-refractivity contribution < 1.29 is 153 Å². The molecule has 2 aromatic rings. The van der Waals surface area contributed by atoms with E-state index in [1.807, 2.05) is 0 Å². The number of anilines is 1. The van der Waals surface area contributed by atoms with Crippen molar-refractivity contribution in [3.05, 3.63) is 12.7 Å². The number of carbonyl (C=O) groups excluding carboxylic acids is 1.